The number of nitrogens with one attached hydrogen (secondary N) is 2. The Kier molecular flexibility index (Phi) is 7.80. The summed E-state index contributed by atoms with van der Waals surface area (Å²) in [5, 5.41) is 6.29. The molecule has 0 atom stereocenters. The van der Waals surface area contributed by atoms with Crippen molar-refractivity contribution in [2.75, 3.05) is 18.4 Å². The third kappa shape index (κ3) is 6.61. The van der Waals surface area contributed by atoms with Crippen molar-refractivity contribution in [3.8, 4) is 0 Å². The summed E-state index contributed by atoms with van der Waals surface area (Å²) in [5.74, 6) is 0.692. The van der Waals surface area contributed by atoms with Crippen LogP contribution in [0.3, 0.4) is 0 Å². The van der Waals surface area contributed by atoms with Gasteiger partial charge >= 0.3 is 0 Å². The van der Waals surface area contributed by atoms with Gasteiger partial charge in [0.15, 0.2) is 0 Å². The van der Waals surface area contributed by atoms with Gasteiger partial charge in [0.25, 0.3) is 5.91 Å². The predicted octanol–water partition coefficient (Wildman–Crippen LogP) is 3.77. The smallest absolute Gasteiger partial charge is 0.254 e. The number of amides is 1. The normalized spacial score (nSPS) is 10.7. The monoisotopic (exact) mass is 291 g/mol. The standard InChI is InChI=1S/C17H29N3O/c1-5-9-18-16-11-14(4)20-12-15(16)17(21)19-10-7-6-8-13(2)3/h11-13H,5-10H2,1-4H3,(H,18,20)(H,19,21). The molecule has 0 spiro atoms. The lowest BCUT2D eigenvalue weighted by atomic mass is 10.1. The molecule has 0 fully saturated rings. The third-order valence-electron chi connectivity index (χ3n) is 3.34. The van der Waals surface area contributed by atoms with Gasteiger partial charge in [-0.1, -0.05) is 33.6 Å². The molecule has 0 saturated heterocycles. The molecule has 2 N–H and O–H groups in total. The average molecular weight is 291 g/mol. The second-order valence-electron chi connectivity index (χ2n) is 5.94. The Morgan fingerprint density at radius 2 is 2.05 bits per heavy atom. The first-order valence-electron chi connectivity index (χ1n) is 8.03. The van der Waals surface area contributed by atoms with Crippen molar-refractivity contribution in [1.82, 2.24) is 10.3 Å². The van der Waals surface area contributed by atoms with Gasteiger partial charge in [0, 0.05) is 25.0 Å². The van der Waals surface area contributed by atoms with E-state index in [1.165, 1.54) is 6.42 Å². The zero-order valence-corrected chi connectivity index (χ0v) is 13.8. The summed E-state index contributed by atoms with van der Waals surface area (Å²) in [6, 6.07) is 1.93. The topological polar surface area (TPSA) is 54.0 Å². The Hall–Kier alpha value is -1.58. The molecule has 1 amide bonds. The van der Waals surface area contributed by atoms with E-state index in [1.54, 1.807) is 6.20 Å². The summed E-state index contributed by atoms with van der Waals surface area (Å²) in [5.41, 5.74) is 2.43. The fourth-order valence-electron chi connectivity index (χ4n) is 2.12. The molecular weight excluding hydrogens is 262 g/mol. The molecule has 0 aliphatic rings. The van der Waals surface area contributed by atoms with E-state index < -0.39 is 0 Å². The Labute approximate surface area is 128 Å². The van der Waals surface area contributed by atoms with Gasteiger partial charge in [-0.2, -0.15) is 0 Å². The fraction of sp³-hybridized carbons (Fsp3) is 0.647. The van der Waals surface area contributed by atoms with E-state index >= 15 is 0 Å². The van der Waals surface area contributed by atoms with Crippen molar-refractivity contribution >= 4 is 11.6 Å². The Morgan fingerprint density at radius 3 is 2.71 bits per heavy atom. The Balaban J connectivity index is 2.52. The van der Waals surface area contributed by atoms with Crippen LogP contribution >= 0.6 is 0 Å². The maximum Gasteiger partial charge on any atom is 0.254 e. The maximum atomic E-state index is 12.2. The van der Waals surface area contributed by atoms with E-state index in [2.05, 4.69) is 36.4 Å². The van der Waals surface area contributed by atoms with E-state index in [0.717, 1.165) is 49.7 Å². The van der Waals surface area contributed by atoms with Crippen LogP contribution in [0, 0.1) is 12.8 Å². The first-order valence-corrected chi connectivity index (χ1v) is 8.03. The lowest BCUT2D eigenvalue weighted by molar-refractivity contribution is 0.0953. The summed E-state index contributed by atoms with van der Waals surface area (Å²) in [6.07, 6.45) is 6.09. The Morgan fingerprint density at radius 1 is 1.29 bits per heavy atom. The summed E-state index contributed by atoms with van der Waals surface area (Å²) >= 11 is 0. The van der Waals surface area contributed by atoms with Gasteiger partial charge in [-0.25, -0.2) is 0 Å². The first kappa shape index (κ1) is 17.5. The van der Waals surface area contributed by atoms with Crippen LogP contribution in [0.4, 0.5) is 5.69 Å². The first-order chi connectivity index (χ1) is 10.0. The van der Waals surface area contributed by atoms with Crippen LogP contribution in [0.25, 0.3) is 0 Å². The molecule has 1 aromatic rings. The number of hydrogen-bond acceptors (Lipinski definition) is 3. The van der Waals surface area contributed by atoms with E-state index in [-0.39, 0.29) is 5.91 Å². The molecule has 4 heteroatoms. The van der Waals surface area contributed by atoms with Gasteiger partial charge in [-0.15, -0.1) is 0 Å². The number of aromatic nitrogens is 1. The van der Waals surface area contributed by atoms with E-state index in [0.29, 0.717) is 5.56 Å². The van der Waals surface area contributed by atoms with Gasteiger partial charge in [0.1, 0.15) is 0 Å². The molecule has 0 saturated carbocycles. The number of rotatable bonds is 9. The van der Waals surface area contributed by atoms with Crippen molar-refractivity contribution in [3.63, 3.8) is 0 Å². The molecule has 0 radical (unpaired) electrons. The van der Waals surface area contributed by atoms with E-state index in [1.807, 2.05) is 13.0 Å². The van der Waals surface area contributed by atoms with Crippen LogP contribution < -0.4 is 10.6 Å². The number of carbonyl (C=O) groups is 1. The molecule has 0 bridgehead atoms. The number of nitrogens with zero attached hydrogens (tertiary/aromatic N) is 1. The average Bonchev–Trinajstić information content (AvgIpc) is 2.44. The van der Waals surface area contributed by atoms with Gasteiger partial charge < -0.3 is 10.6 Å². The number of pyridine rings is 1. The Bertz CT molecular complexity index is 444. The largest absolute Gasteiger partial charge is 0.384 e. The fourth-order valence-corrected chi connectivity index (χ4v) is 2.12. The highest BCUT2D eigenvalue weighted by molar-refractivity contribution is 5.99. The number of carbonyl (C=O) groups excluding carboxylic acids is 1. The summed E-state index contributed by atoms with van der Waals surface area (Å²) in [6.45, 7) is 10.1. The molecule has 21 heavy (non-hydrogen) atoms. The molecular formula is C17H29N3O. The molecule has 0 unspecified atom stereocenters. The van der Waals surface area contributed by atoms with Crippen LogP contribution in [0.1, 0.15) is 62.5 Å². The van der Waals surface area contributed by atoms with E-state index in [4.69, 9.17) is 0 Å². The maximum absolute atomic E-state index is 12.2. The van der Waals surface area contributed by atoms with Gasteiger partial charge in [0.2, 0.25) is 0 Å². The van der Waals surface area contributed by atoms with E-state index in [9.17, 15) is 4.79 Å². The molecule has 0 aromatic carbocycles. The lowest BCUT2D eigenvalue weighted by Crippen LogP contribution is -2.26. The highest BCUT2D eigenvalue weighted by Gasteiger charge is 2.11. The van der Waals surface area contributed by atoms with Crippen molar-refractivity contribution in [3.05, 3.63) is 23.5 Å². The number of anilines is 1. The zero-order valence-electron chi connectivity index (χ0n) is 13.8. The quantitative estimate of drug-likeness (QED) is 0.681. The van der Waals surface area contributed by atoms with Crippen molar-refractivity contribution in [1.29, 1.82) is 0 Å². The van der Waals surface area contributed by atoms with Gasteiger partial charge in [0.05, 0.1) is 11.3 Å². The second kappa shape index (κ2) is 9.37. The molecule has 118 valence electrons. The minimum Gasteiger partial charge on any atom is -0.384 e. The second-order valence-corrected chi connectivity index (χ2v) is 5.94. The number of hydrogen-bond donors (Lipinski definition) is 2. The van der Waals surface area contributed by atoms with Crippen LogP contribution in [0.2, 0.25) is 0 Å². The van der Waals surface area contributed by atoms with Gasteiger partial charge in [-0.3, -0.25) is 9.78 Å². The minimum absolute atomic E-state index is 0.0364. The molecule has 1 heterocycles. The number of aryl methyl sites for hydroxylation is 1. The predicted molar refractivity (Wildman–Crippen MR) is 88.8 cm³/mol. The highest BCUT2D eigenvalue weighted by Crippen LogP contribution is 2.16. The summed E-state index contributed by atoms with van der Waals surface area (Å²) in [7, 11) is 0. The molecule has 1 aromatic heterocycles. The van der Waals surface area contributed by atoms with Crippen molar-refractivity contribution in [2.45, 2.75) is 53.4 Å². The van der Waals surface area contributed by atoms with Crippen LogP contribution in [-0.2, 0) is 0 Å². The van der Waals surface area contributed by atoms with Crippen LogP contribution in [0.5, 0.6) is 0 Å². The minimum atomic E-state index is -0.0364. The van der Waals surface area contributed by atoms with Crippen molar-refractivity contribution in [2.24, 2.45) is 5.92 Å². The third-order valence-corrected chi connectivity index (χ3v) is 3.34. The molecule has 0 aliphatic heterocycles. The van der Waals surface area contributed by atoms with Crippen molar-refractivity contribution < 1.29 is 4.79 Å². The zero-order chi connectivity index (χ0) is 15.7. The molecule has 4 nitrogen and oxygen atoms in total. The summed E-state index contributed by atoms with van der Waals surface area (Å²) in [4.78, 5) is 16.5. The number of unbranched alkanes of at least 4 members (excludes halogenated alkanes) is 1. The highest BCUT2D eigenvalue weighted by atomic mass is 16.1. The SMILES string of the molecule is CCCNc1cc(C)ncc1C(=O)NCCCCC(C)C. The van der Waals surface area contributed by atoms with Crippen LogP contribution in [-0.4, -0.2) is 24.0 Å². The summed E-state index contributed by atoms with van der Waals surface area (Å²) < 4.78 is 0. The molecule has 1 rings (SSSR count). The van der Waals surface area contributed by atoms with Gasteiger partial charge in [-0.05, 0) is 31.7 Å². The molecule has 0 aliphatic carbocycles. The van der Waals surface area contributed by atoms with Crippen LogP contribution in [0.15, 0.2) is 12.3 Å². The lowest BCUT2D eigenvalue weighted by Gasteiger charge is -2.12.